The largest absolute Gasteiger partial charge is 0.497 e. The molecule has 29 heavy (non-hydrogen) atoms. The Balaban J connectivity index is 1.78. The molecule has 2 heterocycles. The van der Waals surface area contributed by atoms with Crippen molar-refractivity contribution in [3.8, 4) is 22.8 Å². The molecule has 6 heteroatoms. The zero-order valence-electron chi connectivity index (χ0n) is 16.1. The Morgan fingerprint density at radius 2 is 1.90 bits per heavy atom. The van der Waals surface area contributed by atoms with Gasteiger partial charge < -0.3 is 14.8 Å². The number of hydrogen-bond acceptors (Lipinski definition) is 5. The van der Waals surface area contributed by atoms with Crippen LogP contribution in [-0.2, 0) is 6.54 Å². The molecule has 0 aliphatic heterocycles. The molecule has 0 aliphatic carbocycles. The van der Waals surface area contributed by atoms with Gasteiger partial charge in [-0.1, -0.05) is 24.3 Å². The number of carbonyl (C=O) groups is 1. The second kappa shape index (κ2) is 8.32. The zero-order valence-corrected chi connectivity index (χ0v) is 17.0. The Kier molecular flexibility index (Phi) is 5.44. The summed E-state index contributed by atoms with van der Waals surface area (Å²) < 4.78 is 10.8. The minimum atomic E-state index is -0.134. The van der Waals surface area contributed by atoms with Crippen molar-refractivity contribution >= 4 is 28.1 Å². The van der Waals surface area contributed by atoms with Crippen LogP contribution < -0.4 is 14.8 Å². The summed E-state index contributed by atoms with van der Waals surface area (Å²) in [6, 6.07) is 19.0. The predicted molar refractivity (Wildman–Crippen MR) is 116 cm³/mol. The number of ether oxygens (including phenoxy) is 2. The number of carbonyl (C=O) groups excluding carboxylic acids is 1. The van der Waals surface area contributed by atoms with Crippen molar-refractivity contribution in [1.29, 1.82) is 0 Å². The number of para-hydroxylation sites is 1. The van der Waals surface area contributed by atoms with Gasteiger partial charge in [0.25, 0.3) is 5.91 Å². The lowest BCUT2D eigenvalue weighted by atomic mass is 10.0. The smallest absolute Gasteiger partial charge is 0.252 e. The Morgan fingerprint density at radius 3 is 2.66 bits per heavy atom. The molecule has 0 atom stereocenters. The maximum atomic E-state index is 13.0. The van der Waals surface area contributed by atoms with E-state index in [2.05, 4.69) is 5.32 Å². The number of methoxy groups -OCH3 is 2. The molecule has 5 nitrogen and oxygen atoms in total. The van der Waals surface area contributed by atoms with Gasteiger partial charge in [-0.2, -0.15) is 0 Å². The minimum absolute atomic E-state index is 0.134. The molecule has 1 amide bonds. The molecule has 4 aromatic rings. The van der Waals surface area contributed by atoms with E-state index >= 15 is 0 Å². The molecule has 4 rings (SSSR count). The van der Waals surface area contributed by atoms with Gasteiger partial charge in [-0.25, -0.2) is 4.98 Å². The summed E-state index contributed by atoms with van der Waals surface area (Å²) in [5.41, 5.74) is 2.81. The SMILES string of the molecule is COc1ccc(-c2cc(C(=O)NCc3cccs3)c3ccccc3n2)c(OC)c1. The highest BCUT2D eigenvalue weighted by atomic mass is 32.1. The van der Waals surface area contributed by atoms with Gasteiger partial charge in [-0.3, -0.25) is 4.79 Å². The summed E-state index contributed by atoms with van der Waals surface area (Å²) in [4.78, 5) is 18.9. The van der Waals surface area contributed by atoms with Gasteiger partial charge >= 0.3 is 0 Å². The van der Waals surface area contributed by atoms with Crippen LogP contribution in [0.25, 0.3) is 22.2 Å². The van der Waals surface area contributed by atoms with Crippen molar-refractivity contribution in [3.63, 3.8) is 0 Å². The number of hydrogen-bond donors (Lipinski definition) is 1. The lowest BCUT2D eigenvalue weighted by Gasteiger charge is -2.13. The molecule has 146 valence electrons. The Morgan fingerprint density at radius 1 is 1.03 bits per heavy atom. The molecule has 1 N–H and O–H groups in total. The maximum absolute atomic E-state index is 13.0. The molecular weight excluding hydrogens is 384 g/mol. The standard InChI is InChI=1S/C23H20N2O3S/c1-27-15-9-10-18(22(12-15)28-2)21-13-19(17-7-3-4-8-20(17)25-21)23(26)24-14-16-6-5-11-29-16/h3-13H,14H2,1-2H3,(H,24,26). The lowest BCUT2D eigenvalue weighted by Crippen LogP contribution is -2.22. The van der Waals surface area contributed by atoms with Gasteiger partial charge in [-0.05, 0) is 35.7 Å². The van der Waals surface area contributed by atoms with Crippen molar-refractivity contribution in [2.45, 2.75) is 6.54 Å². The van der Waals surface area contributed by atoms with Gasteiger partial charge in [0, 0.05) is 21.9 Å². The number of thiophene rings is 1. The van der Waals surface area contributed by atoms with Crippen LogP contribution in [0.5, 0.6) is 11.5 Å². The number of rotatable bonds is 6. The lowest BCUT2D eigenvalue weighted by molar-refractivity contribution is 0.0953. The molecule has 0 saturated carbocycles. The Bertz CT molecular complexity index is 1160. The van der Waals surface area contributed by atoms with Crippen molar-refractivity contribution in [2.24, 2.45) is 0 Å². The molecular formula is C23H20N2O3S. The first-order valence-electron chi connectivity index (χ1n) is 9.12. The zero-order chi connectivity index (χ0) is 20.2. The van der Waals surface area contributed by atoms with Crippen LogP contribution in [0.3, 0.4) is 0 Å². The normalized spacial score (nSPS) is 10.7. The fourth-order valence-electron chi connectivity index (χ4n) is 3.19. The van der Waals surface area contributed by atoms with Crippen LogP contribution in [0.15, 0.2) is 66.0 Å². The van der Waals surface area contributed by atoms with Crippen LogP contribution >= 0.6 is 11.3 Å². The number of amides is 1. The maximum Gasteiger partial charge on any atom is 0.252 e. The third-order valence-electron chi connectivity index (χ3n) is 4.65. The monoisotopic (exact) mass is 404 g/mol. The fourth-order valence-corrected chi connectivity index (χ4v) is 3.83. The number of pyridine rings is 1. The van der Waals surface area contributed by atoms with E-state index in [9.17, 15) is 4.79 Å². The highest BCUT2D eigenvalue weighted by molar-refractivity contribution is 7.09. The third kappa shape index (κ3) is 3.93. The molecule has 0 radical (unpaired) electrons. The van der Waals surface area contributed by atoms with Gasteiger partial charge in [0.15, 0.2) is 0 Å². The summed E-state index contributed by atoms with van der Waals surface area (Å²) >= 11 is 1.62. The Labute approximate surface area is 172 Å². The molecule has 2 aromatic heterocycles. The van der Waals surface area contributed by atoms with E-state index in [1.54, 1.807) is 25.6 Å². The molecule has 0 aliphatic rings. The van der Waals surface area contributed by atoms with E-state index in [-0.39, 0.29) is 5.91 Å². The second-order valence-electron chi connectivity index (χ2n) is 6.40. The highest BCUT2D eigenvalue weighted by Gasteiger charge is 2.16. The summed E-state index contributed by atoms with van der Waals surface area (Å²) in [7, 11) is 3.22. The first kappa shape index (κ1) is 19.0. The average Bonchev–Trinajstić information content (AvgIpc) is 3.30. The number of nitrogens with one attached hydrogen (secondary N) is 1. The predicted octanol–water partition coefficient (Wildman–Crippen LogP) is 4.91. The van der Waals surface area contributed by atoms with Crippen molar-refractivity contribution in [1.82, 2.24) is 10.3 Å². The van der Waals surface area contributed by atoms with E-state index < -0.39 is 0 Å². The van der Waals surface area contributed by atoms with Crippen LogP contribution in [0.4, 0.5) is 0 Å². The summed E-state index contributed by atoms with van der Waals surface area (Å²) in [6.45, 7) is 0.494. The first-order valence-corrected chi connectivity index (χ1v) is 10.0. The van der Waals surface area contributed by atoms with E-state index in [0.29, 0.717) is 29.3 Å². The van der Waals surface area contributed by atoms with Gasteiger partial charge in [0.05, 0.1) is 37.5 Å². The van der Waals surface area contributed by atoms with Crippen LogP contribution in [0, 0.1) is 0 Å². The number of fused-ring (bicyclic) bond motifs is 1. The van der Waals surface area contributed by atoms with E-state index in [1.165, 1.54) is 0 Å². The third-order valence-corrected chi connectivity index (χ3v) is 5.53. The van der Waals surface area contributed by atoms with E-state index in [1.807, 2.05) is 66.0 Å². The number of nitrogens with zero attached hydrogens (tertiary/aromatic N) is 1. The minimum Gasteiger partial charge on any atom is -0.497 e. The number of aromatic nitrogens is 1. The molecule has 0 bridgehead atoms. The fraction of sp³-hybridized carbons (Fsp3) is 0.130. The van der Waals surface area contributed by atoms with Crippen molar-refractivity contribution < 1.29 is 14.3 Å². The van der Waals surface area contributed by atoms with E-state index in [4.69, 9.17) is 14.5 Å². The van der Waals surface area contributed by atoms with Crippen molar-refractivity contribution in [2.75, 3.05) is 14.2 Å². The first-order chi connectivity index (χ1) is 14.2. The van der Waals surface area contributed by atoms with Gasteiger partial charge in [0.2, 0.25) is 0 Å². The van der Waals surface area contributed by atoms with Gasteiger partial charge in [-0.15, -0.1) is 11.3 Å². The van der Waals surface area contributed by atoms with E-state index in [0.717, 1.165) is 21.3 Å². The molecule has 0 spiro atoms. The average molecular weight is 404 g/mol. The topological polar surface area (TPSA) is 60.5 Å². The van der Waals surface area contributed by atoms with Crippen LogP contribution in [0.1, 0.15) is 15.2 Å². The summed E-state index contributed by atoms with van der Waals surface area (Å²) in [5.74, 6) is 1.20. The number of benzene rings is 2. The molecule has 2 aromatic carbocycles. The summed E-state index contributed by atoms with van der Waals surface area (Å²) in [6.07, 6.45) is 0. The van der Waals surface area contributed by atoms with Crippen molar-refractivity contribution in [3.05, 3.63) is 76.5 Å². The Hall–Kier alpha value is -3.38. The molecule has 0 fully saturated rings. The highest BCUT2D eigenvalue weighted by Crippen LogP contribution is 2.34. The molecule has 0 unspecified atom stereocenters. The van der Waals surface area contributed by atoms with Crippen LogP contribution in [-0.4, -0.2) is 25.1 Å². The molecule has 0 saturated heterocycles. The second-order valence-corrected chi connectivity index (χ2v) is 7.43. The quantitative estimate of drug-likeness (QED) is 0.496. The van der Waals surface area contributed by atoms with Gasteiger partial charge in [0.1, 0.15) is 11.5 Å². The van der Waals surface area contributed by atoms with Crippen LogP contribution in [0.2, 0.25) is 0 Å². The summed E-state index contributed by atoms with van der Waals surface area (Å²) in [5, 5.41) is 5.82.